The molecule has 126 valence electrons. The number of rotatable bonds is 2. The second kappa shape index (κ2) is 6.60. The summed E-state index contributed by atoms with van der Waals surface area (Å²) in [5.74, 6) is -0.0170. The topological polar surface area (TPSA) is 47.3 Å². The lowest BCUT2D eigenvalue weighted by atomic mass is 9.99. The maximum Gasteiger partial charge on any atom is 0.258 e. The quantitative estimate of drug-likeness (QED) is 0.842. The van der Waals surface area contributed by atoms with Crippen LogP contribution in [-0.2, 0) is 6.42 Å². The van der Waals surface area contributed by atoms with E-state index >= 15 is 0 Å². The average Bonchev–Trinajstić information content (AvgIpc) is 3.21. The number of amides is 1. The molecule has 0 atom stereocenters. The smallest absolute Gasteiger partial charge is 0.258 e. The number of aryl methyl sites for hydroxylation is 1. The van der Waals surface area contributed by atoms with Crippen LogP contribution in [0.25, 0.3) is 0 Å². The monoisotopic (exact) mass is 331 g/mol. The van der Waals surface area contributed by atoms with Gasteiger partial charge in [0, 0.05) is 36.6 Å². The average molecular weight is 331 g/mol. The summed E-state index contributed by atoms with van der Waals surface area (Å²) in [6.07, 6.45) is 4.46. The highest BCUT2D eigenvalue weighted by Gasteiger charge is 2.25. The number of fused-ring (bicyclic) bond motifs is 1. The summed E-state index contributed by atoms with van der Waals surface area (Å²) in [6, 6.07) is 15.6. The normalized spacial score (nSPS) is 16.4. The Morgan fingerprint density at radius 1 is 1.00 bits per heavy atom. The SMILES string of the molecule is N#Cc1cccc(C(=O)N2CCCc3ccc(N4CCCC4)cc32)c1. The molecule has 4 rings (SSSR count). The highest BCUT2D eigenvalue weighted by Crippen LogP contribution is 2.33. The Balaban J connectivity index is 1.69. The molecule has 0 spiro atoms. The van der Waals surface area contributed by atoms with E-state index in [9.17, 15) is 4.79 Å². The minimum Gasteiger partial charge on any atom is -0.371 e. The fraction of sp³-hybridized carbons (Fsp3) is 0.333. The summed E-state index contributed by atoms with van der Waals surface area (Å²) >= 11 is 0. The lowest BCUT2D eigenvalue weighted by Gasteiger charge is -2.31. The molecule has 0 saturated carbocycles. The molecule has 2 aliphatic heterocycles. The van der Waals surface area contributed by atoms with Crippen molar-refractivity contribution in [1.29, 1.82) is 5.26 Å². The lowest BCUT2D eigenvalue weighted by molar-refractivity contribution is 0.0985. The lowest BCUT2D eigenvalue weighted by Crippen LogP contribution is -2.35. The Bertz CT molecular complexity index is 846. The Morgan fingerprint density at radius 3 is 2.64 bits per heavy atom. The van der Waals surface area contributed by atoms with Crippen molar-refractivity contribution in [3.8, 4) is 6.07 Å². The Labute approximate surface area is 148 Å². The summed E-state index contributed by atoms with van der Waals surface area (Å²) < 4.78 is 0. The molecule has 2 aromatic carbocycles. The van der Waals surface area contributed by atoms with E-state index < -0.39 is 0 Å². The third-order valence-corrected chi connectivity index (χ3v) is 5.14. The summed E-state index contributed by atoms with van der Waals surface area (Å²) in [4.78, 5) is 17.3. The number of nitrogens with zero attached hydrogens (tertiary/aromatic N) is 3. The summed E-state index contributed by atoms with van der Waals surface area (Å²) in [7, 11) is 0. The maximum absolute atomic E-state index is 13.1. The molecule has 4 nitrogen and oxygen atoms in total. The Hall–Kier alpha value is -2.80. The second-order valence-corrected chi connectivity index (χ2v) is 6.76. The summed E-state index contributed by atoms with van der Waals surface area (Å²) in [5.41, 5.74) is 4.58. The van der Waals surface area contributed by atoms with Crippen molar-refractivity contribution < 1.29 is 4.79 Å². The van der Waals surface area contributed by atoms with E-state index in [0.717, 1.165) is 38.2 Å². The third kappa shape index (κ3) is 2.98. The minimum atomic E-state index is -0.0170. The van der Waals surface area contributed by atoms with Crippen molar-refractivity contribution in [3.05, 3.63) is 59.2 Å². The molecule has 1 amide bonds. The van der Waals surface area contributed by atoms with Gasteiger partial charge >= 0.3 is 0 Å². The van der Waals surface area contributed by atoms with Gasteiger partial charge in [0.1, 0.15) is 0 Å². The van der Waals surface area contributed by atoms with Gasteiger partial charge < -0.3 is 9.80 Å². The molecular formula is C21H21N3O. The van der Waals surface area contributed by atoms with E-state index in [0.29, 0.717) is 11.1 Å². The Morgan fingerprint density at radius 2 is 1.84 bits per heavy atom. The van der Waals surface area contributed by atoms with E-state index in [1.165, 1.54) is 24.1 Å². The summed E-state index contributed by atoms with van der Waals surface area (Å²) in [6.45, 7) is 2.92. The van der Waals surface area contributed by atoms with Crippen molar-refractivity contribution in [2.24, 2.45) is 0 Å². The molecule has 0 bridgehead atoms. The molecule has 2 heterocycles. The van der Waals surface area contributed by atoms with Gasteiger partial charge in [-0.15, -0.1) is 0 Å². The molecule has 0 unspecified atom stereocenters. The molecule has 0 radical (unpaired) electrons. The molecule has 1 saturated heterocycles. The van der Waals surface area contributed by atoms with Crippen LogP contribution in [0, 0.1) is 11.3 Å². The fourth-order valence-corrected chi connectivity index (χ4v) is 3.82. The molecule has 1 fully saturated rings. The number of carbonyl (C=O) groups excluding carboxylic acids is 1. The van der Waals surface area contributed by atoms with Crippen LogP contribution in [0.2, 0.25) is 0 Å². The standard InChI is InChI=1S/C21H21N3O/c22-15-16-5-3-6-18(13-16)21(25)24-12-4-7-17-8-9-19(14-20(17)24)23-10-1-2-11-23/h3,5-6,8-9,13-14H,1-2,4,7,10-12H2. The van der Waals surface area contributed by atoms with Crippen molar-refractivity contribution in [1.82, 2.24) is 0 Å². The van der Waals surface area contributed by atoms with Gasteiger partial charge in [-0.1, -0.05) is 12.1 Å². The van der Waals surface area contributed by atoms with Crippen LogP contribution < -0.4 is 9.80 Å². The van der Waals surface area contributed by atoms with Crippen LogP contribution >= 0.6 is 0 Å². The highest BCUT2D eigenvalue weighted by molar-refractivity contribution is 6.07. The first-order valence-electron chi connectivity index (χ1n) is 8.96. The van der Waals surface area contributed by atoms with Gasteiger partial charge in [-0.05, 0) is 61.6 Å². The first-order chi connectivity index (χ1) is 12.3. The van der Waals surface area contributed by atoms with Crippen LogP contribution in [0.1, 0.15) is 40.7 Å². The molecule has 4 heteroatoms. The van der Waals surface area contributed by atoms with E-state index in [1.54, 1.807) is 24.3 Å². The number of nitriles is 1. The molecule has 0 aliphatic carbocycles. The van der Waals surface area contributed by atoms with Crippen LogP contribution in [0.3, 0.4) is 0 Å². The molecular weight excluding hydrogens is 310 g/mol. The van der Waals surface area contributed by atoms with E-state index in [4.69, 9.17) is 5.26 Å². The van der Waals surface area contributed by atoms with E-state index in [2.05, 4.69) is 29.2 Å². The number of anilines is 2. The van der Waals surface area contributed by atoms with Gasteiger partial charge in [0.2, 0.25) is 0 Å². The number of hydrogen-bond acceptors (Lipinski definition) is 3. The highest BCUT2D eigenvalue weighted by atomic mass is 16.2. The first kappa shape index (κ1) is 15.7. The van der Waals surface area contributed by atoms with Crippen LogP contribution in [0.15, 0.2) is 42.5 Å². The molecule has 0 N–H and O–H groups in total. The van der Waals surface area contributed by atoms with Gasteiger partial charge in [0.05, 0.1) is 11.6 Å². The van der Waals surface area contributed by atoms with Gasteiger partial charge in [-0.3, -0.25) is 4.79 Å². The molecule has 2 aromatic rings. The zero-order chi connectivity index (χ0) is 17.2. The summed E-state index contributed by atoms with van der Waals surface area (Å²) in [5, 5.41) is 9.09. The van der Waals surface area contributed by atoms with E-state index in [-0.39, 0.29) is 5.91 Å². The Kier molecular flexibility index (Phi) is 4.15. The van der Waals surface area contributed by atoms with Gasteiger partial charge in [-0.2, -0.15) is 5.26 Å². The van der Waals surface area contributed by atoms with E-state index in [1.807, 2.05) is 4.90 Å². The van der Waals surface area contributed by atoms with Crippen LogP contribution in [0.5, 0.6) is 0 Å². The van der Waals surface area contributed by atoms with Gasteiger partial charge in [0.25, 0.3) is 5.91 Å². The second-order valence-electron chi connectivity index (χ2n) is 6.76. The van der Waals surface area contributed by atoms with Gasteiger partial charge in [0.15, 0.2) is 0 Å². The minimum absolute atomic E-state index is 0.0170. The van der Waals surface area contributed by atoms with Crippen molar-refractivity contribution in [2.45, 2.75) is 25.7 Å². The predicted octanol–water partition coefficient (Wildman–Crippen LogP) is 3.75. The fourth-order valence-electron chi connectivity index (χ4n) is 3.82. The van der Waals surface area contributed by atoms with Crippen LogP contribution in [-0.4, -0.2) is 25.5 Å². The zero-order valence-corrected chi connectivity index (χ0v) is 14.2. The maximum atomic E-state index is 13.1. The van der Waals surface area contributed by atoms with Gasteiger partial charge in [-0.25, -0.2) is 0 Å². The zero-order valence-electron chi connectivity index (χ0n) is 14.2. The number of carbonyl (C=O) groups is 1. The predicted molar refractivity (Wildman–Crippen MR) is 99.0 cm³/mol. The largest absolute Gasteiger partial charge is 0.371 e. The number of hydrogen-bond donors (Lipinski definition) is 0. The number of benzene rings is 2. The molecule has 0 aromatic heterocycles. The molecule has 2 aliphatic rings. The molecule has 25 heavy (non-hydrogen) atoms. The van der Waals surface area contributed by atoms with Crippen molar-refractivity contribution in [3.63, 3.8) is 0 Å². The first-order valence-corrected chi connectivity index (χ1v) is 8.96. The van der Waals surface area contributed by atoms with Crippen molar-refractivity contribution in [2.75, 3.05) is 29.4 Å². The van der Waals surface area contributed by atoms with Crippen molar-refractivity contribution >= 4 is 17.3 Å². The third-order valence-electron chi connectivity index (χ3n) is 5.14. The van der Waals surface area contributed by atoms with Crippen LogP contribution in [0.4, 0.5) is 11.4 Å².